The monoisotopic (exact) mass is 209 g/mol. The maximum Gasteiger partial charge on any atom is 0.137 e. The number of rotatable bonds is 5. The van der Waals surface area contributed by atoms with E-state index < -0.39 is 0 Å². The lowest BCUT2D eigenvalue weighted by Crippen LogP contribution is -2.35. The minimum atomic E-state index is 0.365. The summed E-state index contributed by atoms with van der Waals surface area (Å²) in [4.78, 5) is 14.2. The van der Waals surface area contributed by atoms with Crippen LogP contribution in [0.4, 0.5) is 0 Å². The van der Waals surface area contributed by atoms with E-state index in [-0.39, 0.29) is 0 Å². The molecule has 0 bridgehead atoms. The molecule has 2 fully saturated rings. The molecule has 86 valence electrons. The highest BCUT2D eigenvalue weighted by Crippen LogP contribution is 2.31. The summed E-state index contributed by atoms with van der Waals surface area (Å²) in [6, 6.07) is 0.806. The van der Waals surface area contributed by atoms with Crippen LogP contribution in [-0.4, -0.2) is 29.8 Å². The van der Waals surface area contributed by atoms with Crippen molar-refractivity contribution in [2.24, 2.45) is 11.8 Å². The topological polar surface area (TPSA) is 20.3 Å². The molecule has 2 aliphatic carbocycles. The second-order valence-corrected chi connectivity index (χ2v) is 5.63. The van der Waals surface area contributed by atoms with Crippen LogP contribution >= 0.6 is 0 Å². The Balaban J connectivity index is 1.85. The Morgan fingerprint density at radius 3 is 2.53 bits per heavy atom. The molecule has 0 radical (unpaired) electrons. The summed E-state index contributed by atoms with van der Waals surface area (Å²) in [5, 5.41) is 0. The molecule has 1 atom stereocenters. The third-order valence-corrected chi connectivity index (χ3v) is 3.55. The maximum absolute atomic E-state index is 11.6. The molecule has 2 saturated carbocycles. The van der Waals surface area contributed by atoms with Gasteiger partial charge in [0, 0.05) is 31.5 Å². The Morgan fingerprint density at radius 2 is 2.07 bits per heavy atom. The fourth-order valence-corrected chi connectivity index (χ4v) is 2.65. The van der Waals surface area contributed by atoms with Crippen molar-refractivity contribution in [3.63, 3.8) is 0 Å². The molecule has 0 N–H and O–H groups in total. The molecule has 0 aliphatic heterocycles. The van der Waals surface area contributed by atoms with Crippen LogP contribution < -0.4 is 0 Å². The van der Waals surface area contributed by atoms with E-state index in [0.29, 0.717) is 11.7 Å². The molecule has 15 heavy (non-hydrogen) atoms. The van der Waals surface area contributed by atoms with Crippen molar-refractivity contribution in [2.45, 2.75) is 52.0 Å². The van der Waals surface area contributed by atoms with Crippen LogP contribution in [0.5, 0.6) is 0 Å². The van der Waals surface area contributed by atoms with E-state index in [4.69, 9.17) is 0 Å². The summed E-state index contributed by atoms with van der Waals surface area (Å²) in [6.07, 6.45) is 5.82. The molecule has 2 rings (SSSR count). The number of carbonyl (C=O) groups is 1. The smallest absolute Gasteiger partial charge is 0.137 e. The van der Waals surface area contributed by atoms with Gasteiger partial charge in [0.05, 0.1) is 0 Å². The maximum atomic E-state index is 11.6. The van der Waals surface area contributed by atoms with Crippen molar-refractivity contribution in [2.75, 3.05) is 13.1 Å². The van der Waals surface area contributed by atoms with Crippen molar-refractivity contribution in [1.82, 2.24) is 4.90 Å². The average Bonchev–Trinajstić information content (AvgIpc) is 2.92. The largest absolute Gasteiger partial charge is 0.299 e. The number of Topliss-reactive ketones (excluding diaryl/α,β-unsaturated/α-hetero) is 1. The molecule has 0 saturated heterocycles. The van der Waals surface area contributed by atoms with Gasteiger partial charge in [-0.3, -0.25) is 9.69 Å². The Kier molecular flexibility index (Phi) is 3.45. The van der Waals surface area contributed by atoms with Gasteiger partial charge in [0.1, 0.15) is 5.78 Å². The minimum Gasteiger partial charge on any atom is -0.299 e. The molecule has 1 unspecified atom stereocenters. The zero-order chi connectivity index (χ0) is 10.8. The van der Waals surface area contributed by atoms with Crippen LogP contribution in [0, 0.1) is 11.8 Å². The fraction of sp³-hybridized carbons (Fsp3) is 0.923. The van der Waals surface area contributed by atoms with Gasteiger partial charge in [0.2, 0.25) is 0 Å². The standard InChI is InChI=1S/C13H23NO/c1-10(2)8-14(12-6-7-12)9-11-4-3-5-13(11)15/h10-12H,3-9H2,1-2H3. The van der Waals surface area contributed by atoms with E-state index in [1.807, 2.05) is 0 Å². The molecule has 0 aromatic rings. The first kappa shape index (κ1) is 11.1. The molecule has 0 spiro atoms. The normalized spacial score (nSPS) is 26.9. The van der Waals surface area contributed by atoms with E-state index in [1.165, 1.54) is 19.4 Å². The van der Waals surface area contributed by atoms with Crippen LogP contribution in [0.3, 0.4) is 0 Å². The summed E-state index contributed by atoms with van der Waals surface area (Å²) < 4.78 is 0. The van der Waals surface area contributed by atoms with Crippen LogP contribution in [0.1, 0.15) is 46.0 Å². The predicted molar refractivity (Wildman–Crippen MR) is 61.8 cm³/mol. The van der Waals surface area contributed by atoms with Crippen molar-refractivity contribution in [3.8, 4) is 0 Å². The average molecular weight is 209 g/mol. The van der Waals surface area contributed by atoms with Gasteiger partial charge in [-0.15, -0.1) is 0 Å². The summed E-state index contributed by atoms with van der Waals surface area (Å²) in [7, 11) is 0. The van der Waals surface area contributed by atoms with Gasteiger partial charge in [-0.25, -0.2) is 0 Å². The first-order valence-corrected chi connectivity index (χ1v) is 6.43. The van der Waals surface area contributed by atoms with E-state index in [1.54, 1.807) is 0 Å². The van der Waals surface area contributed by atoms with Gasteiger partial charge < -0.3 is 0 Å². The lowest BCUT2D eigenvalue weighted by Gasteiger charge is -2.26. The second kappa shape index (κ2) is 4.65. The molecule has 0 aromatic heterocycles. The highest BCUT2D eigenvalue weighted by atomic mass is 16.1. The number of hydrogen-bond acceptors (Lipinski definition) is 2. The zero-order valence-electron chi connectivity index (χ0n) is 10.0. The Bertz CT molecular complexity index is 233. The number of nitrogens with zero attached hydrogens (tertiary/aromatic N) is 1. The van der Waals surface area contributed by atoms with Gasteiger partial charge >= 0.3 is 0 Å². The third-order valence-electron chi connectivity index (χ3n) is 3.55. The highest BCUT2D eigenvalue weighted by Gasteiger charge is 2.33. The SMILES string of the molecule is CC(C)CN(CC1CCCC1=O)C1CC1. The minimum absolute atomic E-state index is 0.365. The lowest BCUT2D eigenvalue weighted by molar-refractivity contribution is -0.121. The number of carbonyl (C=O) groups excluding carboxylic acids is 1. The van der Waals surface area contributed by atoms with Gasteiger partial charge in [-0.1, -0.05) is 13.8 Å². The predicted octanol–water partition coefficient (Wildman–Crippen LogP) is 2.48. The zero-order valence-corrected chi connectivity index (χ0v) is 10.0. The fourth-order valence-electron chi connectivity index (χ4n) is 2.65. The second-order valence-electron chi connectivity index (χ2n) is 5.63. The van der Waals surface area contributed by atoms with Gasteiger partial charge in [-0.2, -0.15) is 0 Å². The quantitative estimate of drug-likeness (QED) is 0.693. The van der Waals surface area contributed by atoms with Crippen LogP contribution in [0.25, 0.3) is 0 Å². The lowest BCUT2D eigenvalue weighted by atomic mass is 10.1. The van der Waals surface area contributed by atoms with Crippen LogP contribution in [0.15, 0.2) is 0 Å². The van der Waals surface area contributed by atoms with Gasteiger partial charge in [0.15, 0.2) is 0 Å². The molecule has 2 nitrogen and oxygen atoms in total. The van der Waals surface area contributed by atoms with E-state index >= 15 is 0 Å². The summed E-state index contributed by atoms with van der Waals surface area (Å²) in [5.74, 6) is 1.61. The van der Waals surface area contributed by atoms with Gasteiger partial charge in [-0.05, 0) is 31.6 Å². The van der Waals surface area contributed by atoms with E-state index in [0.717, 1.165) is 37.8 Å². The van der Waals surface area contributed by atoms with Crippen molar-refractivity contribution in [1.29, 1.82) is 0 Å². The Hall–Kier alpha value is -0.370. The van der Waals surface area contributed by atoms with Gasteiger partial charge in [0.25, 0.3) is 0 Å². The molecular formula is C13H23NO. The van der Waals surface area contributed by atoms with Crippen molar-refractivity contribution < 1.29 is 4.79 Å². The van der Waals surface area contributed by atoms with Crippen LogP contribution in [-0.2, 0) is 4.79 Å². The van der Waals surface area contributed by atoms with Crippen molar-refractivity contribution >= 4 is 5.78 Å². The first-order chi connectivity index (χ1) is 7.16. The summed E-state index contributed by atoms with van der Waals surface area (Å²) in [6.45, 7) is 6.76. The summed E-state index contributed by atoms with van der Waals surface area (Å²) in [5.41, 5.74) is 0. The van der Waals surface area contributed by atoms with Crippen LogP contribution in [0.2, 0.25) is 0 Å². The molecular weight excluding hydrogens is 186 g/mol. The van der Waals surface area contributed by atoms with E-state index in [9.17, 15) is 4.79 Å². The molecule has 0 aromatic carbocycles. The molecule has 2 aliphatic rings. The highest BCUT2D eigenvalue weighted by molar-refractivity contribution is 5.83. The number of ketones is 1. The Morgan fingerprint density at radius 1 is 1.33 bits per heavy atom. The molecule has 2 heteroatoms. The van der Waals surface area contributed by atoms with Crippen molar-refractivity contribution in [3.05, 3.63) is 0 Å². The Labute approximate surface area is 93.0 Å². The van der Waals surface area contributed by atoms with E-state index in [2.05, 4.69) is 18.7 Å². The first-order valence-electron chi connectivity index (χ1n) is 6.43. The molecule has 0 amide bonds. The summed E-state index contributed by atoms with van der Waals surface area (Å²) >= 11 is 0. The molecule has 0 heterocycles. The third kappa shape index (κ3) is 3.04. The number of hydrogen-bond donors (Lipinski definition) is 0.